The first-order valence-electron chi connectivity index (χ1n) is 3.05. The molecule has 0 fully saturated rings. The lowest BCUT2D eigenvalue weighted by Crippen LogP contribution is -2.34. The smallest absolute Gasteiger partial charge is 0.212 e. The third-order valence-corrected chi connectivity index (χ3v) is 3.38. The van der Waals surface area contributed by atoms with Gasteiger partial charge in [-0.25, -0.2) is 13.1 Å². The van der Waals surface area contributed by atoms with Crippen LogP contribution in [-0.2, 0) is 10.0 Å². The zero-order chi connectivity index (χ0) is 8.36. The van der Waals surface area contributed by atoms with Gasteiger partial charge >= 0.3 is 0 Å². The molecule has 0 aromatic carbocycles. The molecule has 1 N–H and O–H groups in total. The average Bonchev–Trinajstić information content (AvgIpc) is 1.60. The Hall–Kier alpha value is 0.260. The lowest BCUT2D eigenvalue weighted by molar-refractivity contribution is 0.569. The van der Waals surface area contributed by atoms with Crippen molar-refractivity contribution in [2.75, 3.05) is 0 Å². The average molecular weight is 183 g/mol. The number of rotatable bonds is 3. The number of hydrogen-bond donors (Lipinski definition) is 2. The minimum Gasteiger partial charge on any atom is -0.212 e. The Morgan fingerprint density at radius 3 is 1.80 bits per heavy atom. The summed E-state index contributed by atoms with van der Waals surface area (Å²) in [7, 11) is -3.18. The molecule has 0 amide bonds. The maximum Gasteiger partial charge on any atom is 0.223 e. The molecule has 0 heterocycles. The molecule has 0 bridgehead atoms. The van der Waals surface area contributed by atoms with Gasteiger partial charge in [0.2, 0.25) is 10.0 Å². The fraction of sp³-hybridized carbons (Fsp3) is 1.00. The van der Waals surface area contributed by atoms with Crippen LogP contribution in [0.25, 0.3) is 0 Å². The lowest BCUT2D eigenvalue weighted by atomic mass is 10.4. The van der Waals surface area contributed by atoms with E-state index in [1.807, 2.05) is 0 Å². The van der Waals surface area contributed by atoms with Crippen LogP contribution < -0.4 is 4.72 Å². The monoisotopic (exact) mass is 183 g/mol. The van der Waals surface area contributed by atoms with Crippen LogP contribution in [0.5, 0.6) is 0 Å². The Balaban J connectivity index is 4.16. The number of sulfonamides is 1. The first-order valence-corrected chi connectivity index (χ1v) is 5.11. The maximum absolute atomic E-state index is 11.0. The van der Waals surface area contributed by atoms with Crippen molar-refractivity contribution in [1.82, 2.24) is 4.72 Å². The summed E-state index contributed by atoms with van der Waals surface area (Å²) in [6.45, 7) is 5.06. The van der Waals surface area contributed by atoms with Crippen LogP contribution in [0, 0.1) is 0 Å². The lowest BCUT2D eigenvalue weighted by Gasteiger charge is -2.10. The molecular weight excluding hydrogens is 170 g/mol. The second-order valence-electron chi connectivity index (χ2n) is 2.42. The van der Waals surface area contributed by atoms with E-state index < -0.39 is 14.6 Å². The second kappa shape index (κ2) is 3.59. The maximum atomic E-state index is 11.0. The summed E-state index contributed by atoms with van der Waals surface area (Å²) in [4.78, 5) is 0. The molecule has 0 radical (unpaired) electrons. The molecule has 3 nitrogen and oxygen atoms in total. The van der Waals surface area contributed by atoms with Gasteiger partial charge in [0.1, 0.15) is 4.58 Å². The van der Waals surface area contributed by atoms with Crippen molar-refractivity contribution in [3.8, 4) is 0 Å². The first kappa shape index (κ1) is 10.3. The molecule has 0 aliphatic rings. The third-order valence-electron chi connectivity index (χ3n) is 0.849. The fourth-order valence-electron chi connectivity index (χ4n) is 0.427. The van der Waals surface area contributed by atoms with Crippen LogP contribution in [0.4, 0.5) is 0 Å². The molecule has 10 heavy (non-hydrogen) atoms. The van der Waals surface area contributed by atoms with Crippen LogP contribution in [0.2, 0.25) is 0 Å². The van der Waals surface area contributed by atoms with Crippen molar-refractivity contribution in [3.05, 3.63) is 0 Å². The van der Waals surface area contributed by atoms with Gasteiger partial charge in [-0.2, -0.15) is 12.6 Å². The molecule has 0 spiro atoms. The first-order chi connectivity index (χ1) is 4.36. The van der Waals surface area contributed by atoms with Gasteiger partial charge < -0.3 is 0 Å². The standard InChI is InChI=1S/C5H13NO2S2/c1-4(2)6-10(7,8)5(3)9/h4-6,9H,1-3H3. The van der Waals surface area contributed by atoms with Gasteiger partial charge in [0.15, 0.2) is 0 Å². The summed E-state index contributed by atoms with van der Waals surface area (Å²) in [6, 6.07) is -0.0559. The van der Waals surface area contributed by atoms with E-state index in [0.29, 0.717) is 0 Å². The molecule has 0 aliphatic heterocycles. The summed E-state index contributed by atoms with van der Waals surface area (Å²) in [5.41, 5.74) is 0. The van der Waals surface area contributed by atoms with E-state index in [-0.39, 0.29) is 6.04 Å². The summed E-state index contributed by atoms with van der Waals surface area (Å²) in [6.07, 6.45) is 0. The second-order valence-corrected chi connectivity index (χ2v) is 5.57. The van der Waals surface area contributed by atoms with Crippen LogP contribution in [-0.4, -0.2) is 19.0 Å². The predicted octanol–water partition coefficient (Wildman–Crippen LogP) is 0.590. The van der Waals surface area contributed by atoms with E-state index in [4.69, 9.17) is 0 Å². The Labute approximate surface area is 67.7 Å². The van der Waals surface area contributed by atoms with Crippen molar-refractivity contribution in [1.29, 1.82) is 0 Å². The molecule has 0 rings (SSSR count). The summed E-state index contributed by atoms with van der Waals surface area (Å²) in [5, 5.41) is 0. The van der Waals surface area contributed by atoms with E-state index in [9.17, 15) is 8.42 Å². The zero-order valence-electron chi connectivity index (χ0n) is 6.33. The predicted molar refractivity (Wildman–Crippen MR) is 45.6 cm³/mol. The third kappa shape index (κ3) is 3.43. The zero-order valence-corrected chi connectivity index (χ0v) is 8.04. The van der Waals surface area contributed by atoms with Gasteiger partial charge in [-0.05, 0) is 20.8 Å². The normalized spacial score (nSPS) is 15.7. The minimum absolute atomic E-state index is 0.0559. The number of hydrogen-bond acceptors (Lipinski definition) is 3. The van der Waals surface area contributed by atoms with Crippen molar-refractivity contribution >= 4 is 22.7 Å². The van der Waals surface area contributed by atoms with Crippen molar-refractivity contribution in [3.63, 3.8) is 0 Å². The quantitative estimate of drug-likeness (QED) is 0.629. The van der Waals surface area contributed by atoms with E-state index in [0.717, 1.165) is 0 Å². The van der Waals surface area contributed by atoms with Crippen molar-refractivity contribution < 1.29 is 8.42 Å². The Kier molecular flexibility index (Phi) is 3.69. The molecular formula is C5H13NO2S2. The van der Waals surface area contributed by atoms with Gasteiger partial charge in [-0.1, -0.05) is 0 Å². The highest BCUT2D eigenvalue weighted by atomic mass is 32.3. The summed E-state index contributed by atoms with van der Waals surface area (Å²) < 4.78 is 23.7. The van der Waals surface area contributed by atoms with E-state index in [1.54, 1.807) is 13.8 Å². The highest BCUT2D eigenvalue weighted by Crippen LogP contribution is 2.02. The molecule has 1 atom stereocenters. The van der Waals surface area contributed by atoms with E-state index in [1.165, 1.54) is 6.92 Å². The molecule has 0 aromatic rings. The van der Waals surface area contributed by atoms with Crippen LogP contribution in [0.1, 0.15) is 20.8 Å². The van der Waals surface area contributed by atoms with E-state index in [2.05, 4.69) is 17.4 Å². The largest absolute Gasteiger partial charge is 0.223 e. The van der Waals surface area contributed by atoms with Crippen molar-refractivity contribution in [2.45, 2.75) is 31.4 Å². The van der Waals surface area contributed by atoms with Gasteiger partial charge in [0.25, 0.3) is 0 Å². The number of thiol groups is 1. The Bertz CT molecular complexity index is 184. The van der Waals surface area contributed by atoms with Gasteiger partial charge in [0, 0.05) is 6.04 Å². The van der Waals surface area contributed by atoms with Crippen LogP contribution in [0.15, 0.2) is 0 Å². The van der Waals surface area contributed by atoms with Crippen molar-refractivity contribution in [2.24, 2.45) is 0 Å². The fourth-order valence-corrected chi connectivity index (χ4v) is 1.46. The summed E-state index contributed by atoms with van der Waals surface area (Å²) in [5.74, 6) is 0. The molecule has 62 valence electrons. The highest BCUT2D eigenvalue weighted by molar-refractivity contribution is 8.03. The Morgan fingerprint density at radius 2 is 1.70 bits per heavy atom. The Morgan fingerprint density at radius 1 is 1.30 bits per heavy atom. The van der Waals surface area contributed by atoms with Crippen LogP contribution in [0.3, 0.4) is 0 Å². The SMILES string of the molecule is CC(C)NS(=O)(=O)C(C)S. The topological polar surface area (TPSA) is 46.2 Å². The molecule has 0 aromatic heterocycles. The molecule has 0 aliphatic carbocycles. The van der Waals surface area contributed by atoms with Crippen LogP contribution >= 0.6 is 12.6 Å². The summed E-state index contributed by atoms with van der Waals surface area (Å²) >= 11 is 3.80. The van der Waals surface area contributed by atoms with Gasteiger partial charge in [-0.3, -0.25) is 0 Å². The van der Waals surface area contributed by atoms with E-state index >= 15 is 0 Å². The molecule has 1 unspecified atom stereocenters. The minimum atomic E-state index is -3.18. The molecule has 0 saturated carbocycles. The number of nitrogens with one attached hydrogen (secondary N) is 1. The van der Waals surface area contributed by atoms with Gasteiger partial charge in [0.05, 0.1) is 0 Å². The highest BCUT2D eigenvalue weighted by Gasteiger charge is 2.16. The molecule has 5 heteroatoms. The molecule has 0 saturated heterocycles. The van der Waals surface area contributed by atoms with Gasteiger partial charge in [-0.15, -0.1) is 0 Å².